The quantitative estimate of drug-likeness (QED) is 0.653. The second kappa shape index (κ2) is 8.27. The summed E-state index contributed by atoms with van der Waals surface area (Å²) >= 11 is 0. The van der Waals surface area contributed by atoms with Crippen LogP contribution in [-0.4, -0.2) is 27.9 Å². The fraction of sp³-hybridized carbons (Fsp3) is 0.200. The third-order valence-corrected chi connectivity index (χ3v) is 3.95. The molecule has 0 unspecified atom stereocenters. The van der Waals surface area contributed by atoms with E-state index in [9.17, 15) is 14.4 Å². The molecule has 2 N–H and O–H groups in total. The van der Waals surface area contributed by atoms with Crippen molar-refractivity contribution in [2.24, 2.45) is 0 Å². The maximum absolute atomic E-state index is 12.1. The van der Waals surface area contributed by atoms with E-state index in [4.69, 9.17) is 4.74 Å². The van der Waals surface area contributed by atoms with Crippen LogP contribution in [0, 0.1) is 0 Å². The van der Waals surface area contributed by atoms with Gasteiger partial charge in [-0.3, -0.25) is 14.4 Å². The van der Waals surface area contributed by atoms with Crippen molar-refractivity contribution in [1.29, 1.82) is 0 Å². The molecule has 2 aromatic carbocycles. The molecule has 1 amide bonds. The van der Waals surface area contributed by atoms with Gasteiger partial charge in [0.05, 0.1) is 17.3 Å². The summed E-state index contributed by atoms with van der Waals surface area (Å²) in [6.45, 7) is 1.51. The molecule has 0 spiro atoms. The van der Waals surface area contributed by atoms with Crippen LogP contribution in [0.1, 0.15) is 19.2 Å². The summed E-state index contributed by atoms with van der Waals surface area (Å²) in [6.07, 6.45) is -0.711. The summed E-state index contributed by atoms with van der Waals surface area (Å²) in [4.78, 5) is 43.1. The number of H-pyrrole nitrogens is 1. The number of fused-ring (bicyclic) bond motifs is 1. The average Bonchev–Trinajstić information content (AvgIpc) is 2.67. The Bertz CT molecular complexity index is 1010. The minimum Gasteiger partial charge on any atom is -0.453 e. The van der Waals surface area contributed by atoms with Crippen molar-refractivity contribution in [3.8, 4) is 0 Å². The van der Waals surface area contributed by atoms with Crippen LogP contribution < -0.4 is 10.9 Å². The maximum atomic E-state index is 12.1. The van der Waals surface area contributed by atoms with E-state index >= 15 is 0 Å². The first-order chi connectivity index (χ1) is 13.0. The third kappa shape index (κ3) is 4.78. The van der Waals surface area contributed by atoms with Crippen LogP contribution in [-0.2, 0) is 20.7 Å². The summed E-state index contributed by atoms with van der Waals surface area (Å²) in [5.74, 6) is -0.551. The molecule has 138 valence electrons. The Labute approximate surface area is 155 Å². The zero-order valence-electron chi connectivity index (χ0n) is 14.8. The van der Waals surface area contributed by atoms with E-state index in [0.29, 0.717) is 22.4 Å². The molecule has 1 aromatic heterocycles. The van der Waals surface area contributed by atoms with Crippen molar-refractivity contribution in [3.05, 3.63) is 70.8 Å². The van der Waals surface area contributed by atoms with E-state index in [2.05, 4.69) is 15.3 Å². The number of esters is 1. The zero-order chi connectivity index (χ0) is 19.2. The van der Waals surface area contributed by atoms with E-state index < -0.39 is 18.0 Å². The van der Waals surface area contributed by atoms with Crippen molar-refractivity contribution in [2.45, 2.75) is 25.9 Å². The number of rotatable bonds is 6. The summed E-state index contributed by atoms with van der Waals surface area (Å²) in [7, 11) is 0. The molecule has 3 rings (SSSR count). The topological polar surface area (TPSA) is 101 Å². The first kappa shape index (κ1) is 18.3. The molecular formula is C20H19N3O4. The van der Waals surface area contributed by atoms with Gasteiger partial charge in [0.2, 0.25) is 0 Å². The summed E-state index contributed by atoms with van der Waals surface area (Å²) in [6, 6.07) is 15.9. The molecule has 0 aliphatic rings. The molecule has 0 bridgehead atoms. The number of aromatic amines is 1. The van der Waals surface area contributed by atoms with Gasteiger partial charge in [-0.25, -0.2) is 4.98 Å². The molecule has 3 aromatic rings. The molecule has 0 saturated carbocycles. The molecule has 1 heterocycles. The number of hydrogen-bond acceptors (Lipinski definition) is 5. The highest BCUT2D eigenvalue weighted by Gasteiger charge is 2.18. The van der Waals surface area contributed by atoms with E-state index in [1.807, 2.05) is 6.07 Å². The highest BCUT2D eigenvalue weighted by Crippen LogP contribution is 2.09. The van der Waals surface area contributed by atoms with Crippen LogP contribution in [0.5, 0.6) is 0 Å². The van der Waals surface area contributed by atoms with Gasteiger partial charge >= 0.3 is 5.97 Å². The van der Waals surface area contributed by atoms with Gasteiger partial charge in [0, 0.05) is 12.1 Å². The molecular weight excluding hydrogens is 346 g/mol. The number of nitrogens with zero attached hydrogens (tertiary/aromatic N) is 1. The van der Waals surface area contributed by atoms with E-state index in [0.717, 1.165) is 0 Å². The molecule has 1 atom stereocenters. The van der Waals surface area contributed by atoms with Gasteiger partial charge in [-0.05, 0) is 31.2 Å². The Morgan fingerprint density at radius 2 is 1.81 bits per heavy atom. The minimum atomic E-state index is -0.929. The number of aryl methyl sites for hydroxylation is 1. The minimum absolute atomic E-state index is 0.00420. The van der Waals surface area contributed by atoms with Gasteiger partial charge in [-0.1, -0.05) is 30.3 Å². The van der Waals surface area contributed by atoms with E-state index in [-0.39, 0.29) is 18.4 Å². The fourth-order valence-electron chi connectivity index (χ4n) is 2.55. The Kier molecular flexibility index (Phi) is 5.61. The number of para-hydroxylation sites is 2. The van der Waals surface area contributed by atoms with Gasteiger partial charge in [0.25, 0.3) is 11.5 Å². The van der Waals surface area contributed by atoms with E-state index in [1.54, 1.807) is 48.5 Å². The van der Waals surface area contributed by atoms with E-state index in [1.165, 1.54) is 6.92 Å². The Hall–Kier alpha value is -3.48. The summed E-state index contributed by atoms with van der Waals surface area (Å²) < 4.78 is 5.15. The number of carbonyl (C=O) groups excluding carboxylic acids is 2. The monoisotopic (exact) mass is 365 g/mol. The largest absolute Gasteiger partial charge is 0.453 e. The van der Waals surface area contributed by atoms with Crippen molar-refractivity contribution in [2.75, 3.05) is 5.32 Å². The third-order valence-electron chi connectivity index (χ3n) is 3.95. The van der Waals surface area contributed by atoms with Crippen molar-refractivity contribution in [3.63, 3.8) is 0 Å². The standard InChI is InChI=1S/C20H19N3O4/c1-13(19(25)21-14-7-3-2-4-8-14)27-18(24)12-11-17-22-16-10-6-5-9-15(16)20(26)23-17/h2-10,13H,11-12H2,1H3,(H,21,25)(H,22,23,26)/t13-/m0/s1. The predicted molar refractivity (Wildman–Crippen MR) is 101 cm³/mol. The number of nitrogens with one attached hydrogen (secondary N) is 2. The number of benzene rings is 2. The van der Waals surface area contributed by atoms with Crippen molar-refractivity contribution < 1.29 is 14.3 Å². The van der Waals surface area contributed by atoms with Crippen LogP contribution in [0.15, 0.2) is 59.4 Å². The lowest BCUT2D eigenvalue weighted by molar-refractivity contribution is -0.153. The van der Waals surface area contributed by atoms with Gasteiger partial charge in [-0.15, -0.1) is 0 Å². The van der Waals surface area contributed by atoms with Crippen molar-refractivity contribution >= 4 is 28.5 Å². The second-order valence-electron chi connectivity index (χ2n) is 6.02. The summed E-state index contributed by atoms with van der Waals surface area (Å²) in [5.41, 5.74) is 0.947. The lowest BCUT2D eigenvalue weighted by atomic mass is 10.2. The number of hydrogen-bond donors (Lipinski definition) is 2. The first-order valence-electron chi connectivity index (χ1n) is 8.56. The fourth-order valence-corrected chi connectivity index (χ4v) is 2.55. The number of amides is 1. The Morgan fingerprint density at radius 3 is 2.59 bits per heavy atom. The molecule has 7 heteroatoms. The molecule has 0 aliphatic carbocycles. The van der Waals surface area contributed by atoms with Crippen molar-refractivity contribution in [1.82, 2.24) is 9.97 Å². The SMILES string of the molecule is C[C@H](OC(=O)CCc1nc2ccccc2c(=O)[nH]1)C(=O)Nc1ccccc1. The lowest BCUT2D eigenvalue weighted by Crippen LogP contribution is -2.30. The second-order valence-corrected chi connectivity index (χ2v) is 6.02. The van der Waals surface area contributed by atoms with Crippen LogP contribution >= 0.6 is 0 Å². The normalized spacial score (nSPS) is 11.7. The number of ether oxygens (including phenoxy) is 1. The highest BCUT2D eigenvalue weighted by molar-refractivity contribution is 5.95. The smallest absolute Gasteiger partial charge is 0.307 e. The van der Waals surface area contributed by atoms with Gasteiger partial charge in [0.1, 0.15) is 5.82 Å². The maximum Gasteiger partial charge on any atom is 0.307 e. The number of anilines is 1. The van der Waals surface area contributed by atoms with Crippen LogP contribution in [0.4, 0.5) is 5.69 Å². The predicted octanol–water partition coefficient (Wildman–Crippen LogP) is 2.43. The van der Waals surface area contributed by atoms with Gasteiger partial charge in [0.15, 0.2) is 6.10 Å². The molecule has 7 nitrogen and oxygen atoms in total. The van der Waals surface area contributed by atoms with Gasteiger partial charge < -0.3 is 15.0 Å². The molecule has 0 radical (unpaired) electrons. The summed E-state index contributed by atoms with van der Waals surface area (Å²) in [5, 5.41) is 3.17. The highest BCUT2D eigenvalue weighted by atomic mass is 16.5. The molecule has 0 saturated heterocycles. The van der Waals surface area contributed by atoms with Crippen LogP contribution in [0.25, 0.3) is 10.9 Å². The van der Waals surface area contributed by atoms with Crippen LogP contribution in [0.3, 0.4) is 0 Å². The molecule has 27 heavy (non-hydrogen) atoms. The average molecular weight is 365 g/mol. The van der Waals surface area contributed by atoms with Crippen LogP contribution in [0.2, 0.25) is 0 Å². The molecule has 0 fully saturated rings. The number of carbonyl (C=O) groups is 2. The Morgan fingerprint density at radius 1 is 1.11 bits per heavy atom. The first-order valence-corrected chi connectivity index (χ1v) is 8.56. The zero-order valence-corrected chi connectivity index (χ0v) is 14.8. The van der Waals surface area contributed by atoms with Gasteiger partial charge in [-0.2, -0.15) is 0 Å². The molecule has 0 aliphatic heterocycles. The number of aromatic nitrogens is 2. The Balaban J connectivity index is 1.55. The lowest BCUT2D eigenvalue weighted by Gasteiger charge is -2.13.